The van der Waals surface area contributed by atoms with E-state index >= 15 is 0 Å². The Kier molecular flexibility index (Phi) is 4.14. The van der Waals surface area contributed by atoms with Crippen LogP contribution in [0.3, 0.4) is 0 Å². The van der Waals surface area contributed by atoms with Crippen molar-refractivity contribution in [2.24, 2.45) is 0 Å². The van der Waals surface area contributed by atoms with Crippen LogP contribution in [0.4, 0.5) is 4.79 Å². The largest absolute Gasteiger partial charge is 0.411 e. The number of imide groups is 1. The van der Waals surface area contributed by atoms with Gasteiger partial charge in [0.05, 0.1) is 11.3 Å². The number of rotatable bonds is 5. The predicted molar refractivity (Wildman–Crippen MR) is 92.0 cm³/mol. The number of fused-ring (bicyclic) bond motifs is 1. The lowest BCUT2D eigenvalue weighted by atomic mass is 10.2. The van der Waals surface area contributed by atoms with Crippen molar-refractivity contribution in [1.82, 2.24) is 25.8 Å². The summed E-state index contributed by atoms with van der Waals surface area (Å²) in [6.07, 6.45) is 3.74. The van der Waals surface area contributed by atoms with Gasteiger partial charge in [-0.25, -0.2) is 4.79 Å². The lowest BCUT2D eigenvalue weighted by Crippen LogP contribution is -2.41. The average molecular weight is 357 g/mol. The number of hydrogen-bond acceptors (Lipinski definition) is 6. The second kappa shape index (κ2) is 6.60. The second-order valence-electron chi connectivity index (χ2n) is 5.71. The molecule has 25 heavy (non-hydrogen) atoms. The Morgan fingerprint density at radius 1 is 1.28 bits per heavy atom. The maximum Gasteiger partial charge on any atom is 0.321 e. The molecule has 1 aromatic carbocycles. The number of urea groups is 1. The fourth-order valence-corrected chi connectivity index (χ4v) is 2.93. The van der Waals surface area contributed by atoms with Crippen molar-refractivity contribution in [3.05, 3.63) is 30.5 Å². The third kappa shape index (κ3) is 3.66. The Morgan fingerprint density at radius 3 is 2.96 bits per heavy atom. The van der Waals surface area contributed by atoms with E-state index in [9.17, 15) is 9.59 Å². The van der Waals surface area contributed by atoms with Crippen molar-refractivity contribution in [3.8, 4) is 11.5 Å². The normalized spacial score (nSPS) is 13.8. The Bertz CT molecular complexity index is 931. The highest BCUT2D eigenvalue weighted by molar-refractivity contribution is 7.99. The first kappa shape index (κ1) is 15.7. The number of benzene rings is 1. The fraction of sp³-hybridized carbons (Fsp3) is 0.250. The van der Waals surface area contributed by atoms with Crippen molar-refractivity contribution in [2.45, 2.75) is 24.1 Å². The van der Waals surface area contributed by atoms with E-state index in [-0.39, 0.29) is 17.0 Å². The van der Waals surface area contributed by atoms with Gasteiger partial charge in [-0.1, -0.05) is 30.0 Å². The maximum absolute atomic E-state index is 11.8. The fourth-order valence-electron chi connectivity index (χ4n) is 2.36. The molecule has 9 heteroatoms. The van der Waals surface area contributed by atoms with Gasteiger partial charge in [0.15, 0.2) is 0 Å². The Balaban J connectivity index is 1.36. The van der Waals surface area contributed by atoms with Crippen LogP contribution in [0.25, 0.3) is 22.4 Å². The molecule has 3 amide bonds. The summed E-state index contributed by atoms with van der Waals surface area (Å²) in [5, 5.41) is 14.2. The molecule has 4 rings (SSSR count). The van der Waals surface area contributed by atoms with Gasteiger partial charge >= 0.3 is 6.03 Å². The highest BCUT2D eigenvalue weighted by Crippen LogP contribution is 2.29. The molecule has 0 unspecified atom stereocenters. The zero-order valence-corrected chi connectivity index (χ0v) is 13.9. The van der Waals surface area contributed by atoms with Crippen LogP contribution < -0.4 is 10.6 Å². The number of nitrogens with one attached hydrogen (secondary N) is 3. The molecule has 0 spiro atoms. The number of carbonyl (C=O) groups excluding carboxylic acids is 2. The van der Waals surface area contributed by atoms with Gasteiger partial charge < -0.3 is 14.7 Å². The molecule has 2 heterocycles. The van der Waals surface area contributed by atoms with E-state index in [1.807, 2.05) is 30.5 Å². The molecule has 3 aromatic rings. The number of nitrogens with zero attached hydrogens (tertiary/aromatic N) is 2. The molecule has 0 aliphatic heterocycles. The molecule has 1 fully saturated rings. The SMILES string of the molecule is O=C(CSc1nnc(-c2c[nH]c3ccccc23)o1)NC(=O)NC1CC1. The zero-order valence-electron chi connectivity index (χ0n) is 13.1. The van der Waals surface area contributed by atoms with Crippen molar-refractivity contribution in [1.29, 1.82) is 0 Å². The molecule has 0 atom stereocenters. The molecular formula is C16H15N5O3S. The van der Waals surface area contributed by atoms with Crippen molar-refractivity contribution in [3.63, 3.8) is 0 Å². The van der Waals surface area contributed by atoms with Gasteiger partial charge in [0.1, 0.15) is 0 Å². The van der Waals surface area contributed by atoms with Gasteiger partial charge in [0, 0.05) is 23.1 Å². The lowest BCUT2D eigenvalue weighted by Gasteiger charge is -2.03. The summed E-state index contributed by atoms with van der Waals surface area (Å²) < 4.78 is 5.61. The topological polar surface area (TPSA) is 113 Å². The molecule has 1 aliphatic rings. The third-order valence-electron chi connectivity index (χ3n) is 3.72. The van der Waals surface area contributed by atoms with E-state index < -0.39 is 11.9 Å². The Hall–Kier alpha value is -2.81. The average Bonchev–Trinajstić information content (AvgIpc) is 3.12. The van der Waals surface area contributed by atoms with E-state index in [1.54, 1.807) is 0 Å². The van der Waals surface area contributed by atoms with E-state index in [2.05, 4.69) is 25.8 Å². The Morgan fingerprint density at radius 2 is 2.12 bits per heavy atom. The van der Waals surface area contributed by atoms with Crippen molar-refractivity contribution in [2.75, 3.05) is 5.75 Å². The van der Waals surface area contributed by atoms with Crippen molar-refractivity contribution < 1.29 is 14.0 Å². The summed E-state index contributed by atoms with van der Waals surface area (Å²) in [5.41, 5.74) is 1.79. The highest BCUT2D eigenvalue weighted by atomic mass is 32.2. The number of amides is 3. The monoisotopic (exact) mass is 357 g/mol. The van der Waals surface area contributed by atoms with Crippen LogP contribution in [0, 0.1) is 0 Å². The molecule has 1 saturated carbocycles. The van der Waals surface area contributed by atoms with Gasteiger partial charge in [-0.05, 0) is 18.9 Å². The molecule has 0 radical (unpaired) electrons. The van der Waals surface area contributed by atoms with Crippen LogP contribution in [0.15, 0.2) is 40.1 Å². The Labute approximate surface area is 146 Å². The minimum atomic E-state index is -0.460. The number of carbonyl (C=O) groups is 2. The summed E-state index contributed by atoms with van der Waals surface area (Å²) >= 11 is 1.09. The number of H-pyrrole nitrogens is 1. The third-order valence-corrected chi connectivity index (χ3v) is 4.54. The van der Waals surface area contributed by atoms with Gasteiger partial charge in [-0.3, -0.25) is 10.1 Å². The van der Waals surface area contributed by atoms with Crippen LogP contribution in [0.5, 0.6) is 0 Å². The molecule has 2 aromatic heterocycles. The van der Waals surface area contributed by atoms with Crippen LogP contribution in [0.1, 0.15) is 12.8 Å². The minimum absolute atomic E-state index is 0.0214. The quantitative estimate of drug-likeness (QED) is 0.604. The predicted octanol–water partition coefficient (Wildman–Crippen LogP) is 2.30. The highest BCUT2D eigenvalue weighted by Gasteiger charge is 2.24. The van der Waals surface area contributed by atoms with Gasteiger partial charge in [-0.15, -0.1) is 10.2 Å². The number of aromatic nitrogens is 3. The smallest absolute Gasteiger partial charge is 0.321 e. The summed E-state index contributed by atoms with van der Waals surface area (Å²) in [7, 11) is 0. The summed E-state index contributed by atoms with van der Waals surface area (Å²) in [6, 6.07) is 7.54. The van der Waals surface area contributed by atoms with Gasteiger partial charge in [-0.2, -0.15) is 0 Å². The van der Waals surface area contributed by atoms with Crippen LogP contribution in [-0.2, 0) is 4.79 Å². The summed E-state index contributed by atoms with van der Waals surface area (Å²) in [4.78, 5) is 26.4. The van der Waals surface area contributed by atoms with Crippen LogP contribution >= 0.6 is 11.8 Å². The molecule has 128 valence electrons. The summed E-state index contributed by atoms with van der Waals surface area (Å²) in [6.45, 7) is 0. The number of hydrogen-bond donors (Lipinski definition) is 3. The zero-order chi connectivity index (χ0) is 17.2. The van der Waals surface area contributed by atoms with Crippen LogP contribution in [0.2, 0.25) is 0 Å². The van der Waals surface area contributed by atoms with Gasteiger partial charge in [0.25, 0.3) is 11.1 Å². The van der Waals surface area contributed by atoms with E-state index in [4.69, 9.17) is 4.42 Å². The number of aromatic amines is 1. The molecule has 0 bridgehead atoms. The summed E-state index contributed by atoms with van der Waals surface area (Å²) in [5.74, 6) is -0.00465. The van der Waals surface area contributed by atoms with E-state index in [0.717, 1.165) is 41.1 Å². The first-order chi connectivity index (χ1) is 12.2. The van der Waals surface area contributed by atoms with Gasteiger partial charge in [0.2, 0.25) is 5.91 Å². The molecule has 1 aliphatic carbocycles. The first-order valence-electron chi connectivity index (χ1n) is 7.82. The second-order valence-corrected chi connectivity index (χ2v) is 6.63. The molecular weight excluding hydrogens is 342 g/mol. The van der Waals surface area contributed by atoms with E-state index in [1.165, 1.54) is 0 Å². The van der Waals surface area contributed by atoms with Crippen molar-refractivity contribution >= 4 is 34.6 Å². The maximum atomic E-state index is 11.8. The molecule has 8 nitrogen and oxygen atoms in total. The van der Waals surface area contributed by atoms with E-state index in [0.29, 0.717) is 5.89 Å². The molecule has 0 saturated heterocycles. The standard InChI is InChI=1S/C16H15N5O3S/c22-13(19-15(23)18-9-5-6-9)8-25-16-21-20-14(24-16)11-7-17-12-4-2-1-3-10(11)12/h1-4,7,9,17H,5-6,8H2,(H2,18,19,22,23). The number of para-hydroxylation sites is 1. The first-order valence-corrected chi connectivity index (χ1v) is 8.81. The lowest BCUT2D eigenvalue weighted by molar-refractivity contribution is -0.117. The number of thioether (sulfide) groups is 1. The molecule has 3 N–H and O–H groups in total. The minimum Gasteiger partial charge on any atom is -0.411 e. The van der Waals surface area contributed by atoms with Crippen LogP contribution in [-0.4, -0.2) is 38.9 Å².